The average Bonchev–Trinajstić information content (AvgIpc) is 3.23. The molecule has 1 amide bonds. The molecule has 2 unspecified atom stereocenters. The van der Waals surface area contributed by atoms with Gasteiger partial charge in [-0.1, -0.05) is 30.3 Å². The third-order valence-corrected chi connectivity index (χ3v) is 4.23. The Morgan fingerprint density at radius 3 is 2.79 bits per heavy atom. The summed E-state index contributed by atoms with van der Waals surface area (Å²) >= 11 is 0. The van der Waals surface area contributed by atoms with Gasteiger partial charge in [0.2, 0.25) is 11.7 Å². The summed E-state index contributed by atoms with van der Waals surface area (Å²) in [4.78, 5) is 26.6. The predicted octanol–water partition coefficient (Wildman–Crippen LogP) is 1.37. The fraction of sp³-hybridized carbons (Fsp3) is 0.438. The first-order valence-electron chi connectivity index (χ1n) is 7.93. The number of likely N-dealkylation sites (tertiary alicyclic amines) is 1. The lowest BCUT2D eigenvalue weighted by atomic mass is 10.1. The Hall–Kier alpha value is -2.77. The molecule has 2 atom stereocenters. The van der Waals surface area contributed by atoms with Gasteiger partial charge in [-0.3, -0.25) is 9.59 Å². The van der Waals surface area contributed by atoms with Gasteiger partial charge in [-0.25, -0.2) is 0 Å². The summed E-state index contributed by atoms with van der Waals surface area (Å²) in [5.74, 6) is -0.605. The van der Waals surface area contributed by atoms with E-state index in [1.54, 1.807) is 11.8 Å². The molecule has 1 aliphatic heterocycles. The van der Waals surface area contributed by atoms with Gasteiger partial charge in [-0.15, -0.1) is 10.2 Å². The summed E-state index contributed by atoms with van der Waals surface area (Å²) in [5.41, 5.74) is 0.827. The summed E-state index contributed by atoms with van der Waals surface area (Å²) in [6.45, 7) is 2.27. The van der Waals surface area contributed by atoms with Crippen LogP contribution in [0.5, 0.6) is 0 Å². The number of carbonyl (C=O) groups excluding carboxylic acids is 1. The zero-order valence-corrected chi connectivity index (χ0v) is 13.4. The van der Waals surface area contributed by atoms with Gasteiger partial charge in [0.25, 0.3) is 0 Å². The molecule has 1 saturated heterocycles. The highest BCUT2D eigenvalue weighted by molar-refractivity contribution is 5.81. The van der Waals surface area contributed by atoms with E-state index >= 15 is 0 Å². The molecule has 1 fully saturated rings. The summed E-state index contributed by atoms with van der Waals surface area (Å²) < 4.78 is 0. The quantitative estimate of drug-likeness (QED) is 0.889. The second kappa shape index (κ2) is 6.77. The van der Waals surface area contributed by atoms with Crippen LogP contribution < -0.4 is 0 Å². The Morgan fingerprint density at radius 2 is 2.08 bits per heavy atom. The molecule has 3 rings (SSSR count). The molecule has 8 nitrogen and oxygen atoms in total. The van der Waals surface area contributed by atoms with Crippen molar-refractivity contribution < 1.29 is 14.7 Å². The van der Waals surface area contributed by atoms with Crippen LogP contribution in [-0.2, 0) is 9.59 Å². The molecule has 2 heterocycles. The summed E-state index contributed by atoms with van der Waals surface area (Å²) in [7, 11) is 0. The van der Waals surface area contributed by atoms with Crippen LogP contribution >= 0.6 is 0 Å². The zero-order chi connectivity index (χ0) is 17.1. The number of benzene rings is 1. The van der Waals surface area contributed by atoms with Gasteiger partial charge in [-0.05, 0) is 25.0 Å². The van der Waals surface area contributed by atoms with Crippen LogP contribution in [-0.4, -0.2) is 54.7 Å². The maximum atomic E-state index is 12.7. The van der Waals surface area contributed by atoms with Crippen molar-refractivity contribution in [1.29, 1.82) is 0 Å². The number of nitrogens with zero attached hydrogens (tertiary/aromatic N) is 5. The molecule has 8 heteroatoms. The Balaban J connectivity index is 1.74. The van der Waals surface area contributed by atoms with Crippen LogP contribution in [0.25, 0.3) is 11.4 Å². The molecule has 0 saturated carbocycles. The Kier molecular flexibility index (Phi) is 4.54. The fourth-order valence-electron chi connectivity index (χ4n) is 2.97. The van der Waals surface area contributed by atoms with Crippen molar-refractivity contribution in [1.82, 2.24) is 25.1 Å². The SMILES string of the molecule is CC(C(=O)N1CCCC1CC(=O)O)n1nnc(-c2ccccc2)n1. The van der Waals surface area contributed by atoms with Gasteiger partial charge in [0, 0.05) is 18.2 Å². The molecule has 1 aliphatic rings. The van der Waals surface area contributed by atoms with E-state index in [1.807, 2.05) is 30.3 Å². The summed E-state index contributed by atoms with van der Waals surface area (Å²) in [6, 6.07) is 8.53. The number of hydrogen-bond donors (Lipinski definition) is 1. The van der Waals surface area contributed by atoms with E-state index in [0.29, 0.717) is 18.8 Å². The number of rotatable bonds is 5. The number of carboxylic acid groups (broad SMARTS) is 1. The molecule has 0 spiro atoms. The Bertz CT molecular complexity index is 730. The van der Waals surface area contributed by atoms with Crippen LogP contribution in [0.2, 0.25) is 0 Å². The van der Waals surface area contributed by atoms with Gasteiger partial charge >= 0.3 is 5.97 Å². The number of hydrogen-bond acceptors (Lipinski definition) is 5. The molecule has 0 bridgehead atoms. The highest BCUT2D eigenvalue weighted by atomic mass is 16.4. The van der Waals surface area contributed by atoms with Gasteiger partial charge in [0.15, 0.2) is 0 Å². The summed E-state index contributed by atoms with van der Waals surface area (Å²) in [5, 5.41) is 21.3. The molecule has 24 heavy (non-hydrogen) atoms. The molecule has 126 valence electrons. The lowest BCUT2D eigenvalue weighted by Gasteiger charge is -2.25. The van der Waals surface area contributed by atoms with Crippen LogP contribution in [0.3, 0.4) is 0 Å². The molecule has 1 aromatic heterocycles. The minimum atomic E-state index is -0.891. The smallest absolute Gasteiger partial charge is 0.305 e. The van der Waals surface area contributed by atoms with E-state index < -0.39 is 12.0 Å². The first-order valence-corrected chi connectivity index (χ1v) is 7.93. The Morgan fingerprint density at radius 1 is 1.33 bits per heavy atom. The van der Waals surface area contributed by atoms with E-state index in [9.17, 15) is 9.59 Å². The van der Waals surface area contributed by atoms with Crippen molar-refractivity contribution in [3.05, 3.63) is 30.3 Å². The Labute approximate surface area is 139 Å². The monoisotopic (exact) mass is 329 g/mol. The lowest BCUT2D eigenvalue weighted by Crippen LogP contribution is -2.41. The van der Waals surface area contributed by atoms with Crippen LogP contribution in [0.4, 0.5) is 0 Å². The predicted molar refractivity (Wildman–Crippen MR) is 85.0 cm³/mol. The minimum Gasteiger partial charge on any atom is -0.481 e. The van der Waals surface area contributed by atoms with Crippen molar-refractivity contribution in [3.63, 3.8) is 0 Å². The molecular formula is C16H19N5O3. The van der Waals surface area contributed by atoms with Gasteiger partial charge in [-0.2, -0.15) is 4.80 Å². The van der Waals surface area contributed by atoms with Crippen molar-refractivity contribution in [2.45, 2.75) is 38.3 Å². The maximum Gasteiger partial charge on any atom is 0.305 e. The number of aromatic nitrogens is 4. The fourth-order valence-corrected chi connectivity index (χ4v) is 2.97. The summed E-state index contributed by atoms with van der Waals surface area (Å²) in [6.07, 6.45) is 1.50. The lowest BCUT2D eigenvalue weighted by molar-refractivity contribution is -0.141. The van der Waals surface area contributed by atoms with E-state index in [4.69, 9.17) is 5.11 Å². The van der Waals surface area contributed by atoms with Crippen LogP contribution in [0, 0.1) is 0 Å². The normalized spacial score (nSPS) is 18.5. The number of aliphatic carboxylic acids is 1. The number of carbonyl (C=O) groups is 2. The number of carboxylic acids is 1. The van der Waals surface area contributed by atoms with E-state index in [-0.39, 0.29) is 18.4 Å². The molecule has 0 aliphatic carbocycles. The van der Waals surface area contributed by atoms with Gasteiger partial charge in [0.1, 0.15) is 6.04 Å². The minimum absolute atomic E-state index is 0.0293. The largest absolute Gasteiger partial charge is 0.481 e. The highest BCUT2D eigenvalue weighted by Crippen LogP contribution is 2.23. The van der Waals surface area contributed by atoms with Gasteiger partial charge in [0.05, 0.1) is 6.42 Å². The zero-order valence-electron chi connectivity index (χ0n) is 13.4. The average molecular weight is 329 g/mol. The third-order valence-electron chi connectivity index (χ3n) is 4.23. The van der Waals surface area contributed by atoms with Crippen molar-refractivity contribution >= 4 is 11.9 Å². The molecule has 2 aromatic rings. The van der Waals surface area contributed by atoms with E-state index in [0.717, 1.165) is 12.0 Å². The second-order valence-corrected chi connectivity index (χ2v) is 5.90. The number of tetrazole rings is 1. The van der Waals surface area contributed by atoms with Crippen molar-refractivity contribution in [2.75, 3.05) is 6.54 Å². The third kappa shape index (κ3) is 3.27. The van der Waals surface area contributed by atoms with E-state index in [1.165, 1.54) is 4.80 Å². The first kappa shape index (κ1) is 16.1. The second-order valence-electron chi connectivity index (χ2n) is 5.90. The molecule has 0 radical (unpaired) electrons. The molecule has 1 aromatic carbocycles. The van der Waals surface area contributed by atoms with Crippen LogP contribution in [0.1, 0.15) is 32.2 Å². The molecular weight excluding hydrogens is 310 g/mol. The molecule has 1 N–H and O–H groups in total. The van der Waals surface area contributed by atoms with Gasteiger partial charge < -0.3 is 10.0 Å². The standard InChI is InChI=1S/C16H19N5O3/c1-11(16(24)20-9-5-8-13(20)10-14(22)23)21-18-15(17-19-21)12-6-3-2-4-7-12/h2-4,6-7,11,13H,5,8-10H2,1H3,(H,22,23). The van der Waals surface area contributed by atoms with E-state index in [2.05, 4.69) is 15.4 Å². The highest BCUT2D eigenvalue weighted by Gasteiger charge is 2.34. The van der Waals surface area contributed by atoms with Crippen molar-refractivity contribution in [3.8, 4) is 11.4 Å². The number of amides is 1. The topological polar surface area (TPSA) is 101 Å². The van der Waals surface area contributed by atoms with Crippen LogP contribution in [0.15, 0.2) is 30.3 Å². The maximum absolute atomic E-state index is 12.7. The van der Waals surface area contributed by atoms with Crippen molar-refractivity contribution in [2.24, 2.45) is 0 Å². The first-order chi connectivity index (χ1) is 11.6.